The van der Waals surface area contributed by atoms with Gasteiger partial charge in [0.25, 0.3) is 0 Å². The average Bonchev–Trinajstić information content (AvgIpc) is 3.01. The van der Waals surface area contributed by atoms with E-state index in [2.05, 4.69) is 67.5 Å². The molecular weight excluding hydrogens is 576 g/mol. The van der Waals surface area contributed by atoms with Crippen LogP contribution in [0.25, 0.3) is 0 Å². The van der Waals surface area contributed by atoms with E-state index in [1.807, 2.05) is 13.8 Å². The number of carbonyl (C=O) groups is 2. The number of esters is 2. The maximum Gasteiger partial charge on any atom is 0.305 e. The SMILES string of the molecule is CCCCC(CC)COC(=O)CCCC(C)(C)c1cc(OCC)c(C(C)(C)CCCC(=O)OCC(CC)CCCC)cc1OCC. The summed E-state index contributed by atoms with van der Waals surface area (Å²) >= 11 is 0. The van der Waals surface area contributed by atoms with Crippen molar-refractivity contribution in [2.24, 2.45) is 11.8 Å². The molecule has 0 aliphatic rings. The van der Waals surface area contributed by atoms with E-state index < -0.39 is 0 Å². The minimum atomic E-state index is -0.233. The van der Waals surface area contributed by atoms with Gasteiger partial charge in [-0.2, -0.15) is 0 Å². The quantitative estimate of drug-likeness (QED) is 0.0933. The van der Waals surface area contributed by atoms with E-state index in [-0.39, 0.29) is 22.8 Å². The number of unbranched alkanes of at least 4 members (excludes halogenated alkanes) is 2. The van der Waals surface area contributed by atoms with Crippen molar-refractivity contribution < 1.29 is 28.5 Å². The van der Waals surface area contributed by atoms with Crippen LogP contribution in [0.2, 0.25) is 0 Å². The Morgan fingerprint density at radius 3 is 1.28 bits per heavy atom. The molecule has 0 aliphatic heterocycles. The molecule has 6 heteroatoms. The van der Waals surface area contributed by atoms with Gasteiger partial charge in [-0.1, -0.05) is 93.9 Å². The van der Waals surface area contributed by atoms with Gasteiger partial charge in [-0.25, -0.2) is 0 Å². The highest BCUT2D eigenvalue weighted by molar-refractivity contribution is 5.69. The minimum absolute atomic E-state index is 0.103. The third-order valence-corrected chi connectivity index (χ3v) is 9.55. The number of hydrogen-bond acceptors (Lipinski definition) is 6. The van der Waals surface area contributed by atoms with Crippen molar-refractivity contribution in [1.82, 2.24) is 0 Å². The summed E-state index contributed by atoms with van der Waals surface area (Å²) in [5, 5.41) is 0. The highest BCUT2D eigenvalue weighted by Gasteiger charge is 2.31. The van der Waals surface area contributed by atoms with Gasteiger partial charge in [-0.05, 0) is 87.2 Å². The summed E-state index contributed by atoms with van der Waals surface area (Å²) in [4.78, 5) is 25.1. The number of benzene rings is 1. The number of rotatable bonds is 26. The lowest BCUT2D eigenvalue weighted by Crippen LogP contribution is -2.23. The summed E-state index contributed by atoms with van der Waals surface area (Å²) in [5.41, 5.74) is 1.72. The Bertz CT molecular complexity index is 918. The first-order chi connectivity index (χ1) is 21.9. The van der Waals surface area contributed by atoms with Gasteiger partial charge in [0, 0.05) is 24.0 Å². The van der Waals surface area contributed by atoms with E-state index in [1.165, 1.54) is 25.7 Å². The molecule has 0 radical (unpaired) electrons. The summed E-state index contributed by atoms with van der Waals surface area (Å²) in [6.45, 7) is 23.8. The largest absolute Gasteiger partial charge is 0.494 e. The Morgan fingerprint density at radius 2 is 0.978 bits per heavy atom. The monoisotopic (exact) mass is 647 g/mol. The van der Waals surface area contributed by atoms with E-state index in [1.54, 1.807) is 0 Å². The standard InChI is InChI=1S/C40H70O6/c1-11-17-21-31(13-3)29-45-37(41)23-19-25-39(7,8)33-27-36(44-16-6)34(28-35(33)43-15-5)40(9,10)26-20-24-38(42)46-30-32(14-4)22-18-12-2/h27-28,31-32H,11-26,29-30H2,1-10H3. The molecule has 0 bridgehead atoms. The zero-order valence-electron chi connectivity index (χ0n) is 31.5. The fraction of sp³-hybridized carbons (Fsp3) is 0.800. The van der Waals surface area contributed by atoms with E-state index in [0.717, 1.165) is 74.0 Å². The molecule has 0 spiro atoms. The Balaban J connectivity index is 2.96. The van der Waals surface area contributed by atoms with Gasteiger partial charge >= 0.3 is 11.9 Å². The normalized spacial score (nSPS) is 13.3. The van der Waals surface area contributed by atoms with Crippen molar-refractivity contribution in [3.8, 4) is 11.5 Å². The van der Waals surface area contributed by atoms with Crippen LogP contribution in [0.3, 0.4) is 0 Å². The third-order valence-electron chi connectivity index (χ3n) is 9.55. The predicted molar refractivity (Wildman–Crippen MR) is 191 cm³/mol. The summed E-state index contributed by atoms with van der Waals surface area (Å²) in [6.07, 6.45) is 13.0. The van der Waals surface area contributed by atoms with Crippen LogP contribution >= 0.6 is 0 Å². The van der Waals surface area contributed by atoms with Gasteiger partial charge < -0.3 is 18.9 Å². The molecule has 0 heterocycles. The molecule has 1 rings (SSSR count). The van der Waals surface area contributed by atoms with E-state index in [0.29, 0.717) is 51.1 Å². The number of hydrogen-bond donors (Lipinski definition) is 0. The van der Waals surface area contributed by atoms with E-state index >= 15 is 0 Å². The second-order valence-electron chi connectivity index (χ2n) is 14.4. The van der Waals surface area contributed by atoms with E-state index in [9.17, 15) is 9.59 Å². The molecule has 0 saturated heterocycles. The van der Waals surface area contributed by atoms with Crippen LogP contribution < -0.4 is 9.47 Å². The molecule has 46 heavy (non-hydrogen) atoms. The maximum atomic E-state index is 12.6. The Hall–Kier alpha value is -2.24. The average molecular weight is 647 g/mol. The topological polar surface area (TPSA) is 71.1 Å². The van der Waals surface area contributed by atoms with Gasteiger partial charge in [0.05, 0.1) is 26.4 Å². The zero-order chi connectivity index (χ0) is 34.6. The first-order valence-electron chi connectivity index (χ1n) is 18.6. The van der Waals surface area contributed by atoms with Crippen LogP contribution in [0.5, 0.6) is 11.5 Å². The van der Waals surface area contributed by atoms with Gasteiger partial charge in [0.1, 0.15) is 11.5 Å². The van der Waals surface area contributed by atoms with Crippen LogP contribution in [-0.2, 0) is 29.9 Å². The van der Waals surface area contributed by atoms with Crippen molar-refractivity contribution in [2.45, 2.75) is 170 Å². The van der Waals surface area contributed by atoms with Crippen molar-refractivity contribution in [3.63, 3.8) is 0 Å². The predicted octanol–water partition coefficient (Wildman–Crippen LogP) is 10.9. The second-order valence-corrected chi connectivity index (χ2v) is 14.4. The van der Waals surface area contributed by atoms with Crippen LogP contribution in [-0.4, -0.2) is 38.4 Å². The Kier molecular flexibility index (Phi) is 20.3. The van der Waals surface area contributed by atoms with Crippen LogP contribution in [0.4, 0.5) is 0 Å². The van der Waals surface area contributed by atoms with Crippen molar-refractivity contribution >= 4 is 11.9 Å². The zero-order valence-corrected chi connectivity index (χ0v) is 31.5. The van der Waals surface area contributed by atoms with Gasteiger partial charge in [0.2, 0.25) is 0 Å². The minimum Gasteiger partial charge on any atom is -0.494 e. The van der Waals surface area contributed by atoms with Crippen molar-refractivity contribution in [3.05, 3.63) is 23.3 Å². The fourth-order valence-electron chi connectivity index (χ4n) is 6.15. The molecule has 0 N–H and O–H groups in total. The first kappa shape index (κ1) is 41.8. The molecule has 1 aromatic rings. The summed E-state index contributed by atoms with van der Waals surface area (Å²) in [5.74, 6) is 2.43. The van der Waals surface area contributed by atoms with Gasteiger partial charge in [-0.3, -0.25) is 9.59 Å². The summed E-state index contributed by atoms with van der Waals surface area (Å²) < 4.78 is 23.8. The fourth-order valence-corrected chi connectivity index (χ4v) is 6.15. The molecule has 0 aliphatic carbocycles. The van der Waals surface area contributed by atoms with Gasteiger partial charge in [-0.15, -0.1) is 0 Å². The molecule has 0 amide bonds. The lowest BCUT2D eigenvalue weighted by Gasteiger charge is -2.33. The molecule has 266 valence electrons. The molecule has 2 atom stereocenters. The van der Waals surface area contributed by atoms with Crippen LogP contribution in [0.15, 0.2) is 12.1 Å². The molecular formula is C40H70O6. The Labute approximate surface area is 283 Å². The third kappa shape index (κ3) is 15.1. The smallest absolute Gasteiger partial charge is 0.305 e. The molecule has 0 aromatic heterocycles. The number of carbonyl (C=O) groups excluding carboxylic acids is 2. The van der Waals surface area contributed by atoms with E-state index in [4.69, 9.17) is 18.9 Å². The molecule has 0 fully saturated rings. The molecule has 6 nitrogen and oxygen atoms in total. The number of ether oxygens (including phenoxy) is 4. The highest BCUT2D eigenvalue weighted by Crippen LogP contribution is 2.44. The molecule has 1 aromatic carbocycles. The Morgan fingerprint density at radius 1 is 0.609 bits per heavy atom. The highest BCUT2D eigenvalue weighted by atomic mass is 16.5. The lowest BCUT2D eigenvalue weighted by molar-refractivity contribution is -0.146. The maximum absolute atomic E-state index is 12.6. The van der Waals surface area contributed by atoms with Crippen LogP contribution in [0, 0.1) is 11.8 Å². The van der Waals surface area contributed by atoms with Crippen LogP contribution in [0.1, 0.15) is 170 Å². The second kappa shape index (κ2) is 22.4. The lowest BCUT2D eigenvalue weighted by atomic mass is 9.75. The van der Waals surface area contributed by atoms with Gasteiger partial charge in [0.15, 0.2) is 0 Å². The first-order valence-corrected chi connectivity index (χ1v) is 18.6. The summed E-state index contributed by atoms with van der Waals surface area (Å²) in [7, 11) is 0. The summed E-state index contributed by atoms with van der Waals surface area (Å²) in [6, 6.07) is 4.30. The van der Waals surface area contributed by atoms with Crippen molar-refractivity contribution in [1.29, 1.82) is 0 Å². The van der Waals surface area contributed by atoms with Crippen molar-refractivity contribution in [2.75, 3.05) is 26.4 Å². The molecule has 0 saturated carbocycles. The molecule has 2 unspecified atom stereocenters.